The van der Waals surface area contributed by atoms with Crippen LogP contribution in [0.4, 0.5) is 0 Å². The number of hydrogen-bond acceptors (Lipinski definition) is 2. The fourth-order valence-corrected chi connectivity index (χ4v) is 2.07. The second kappa shape index (κ2) is 5.94. The third-order valence-electron chi connectivity index (χ3n) is 2.50. The van der Waals surface area contributed by atoms with Gasteiger partial charge in [0.25, 0.3) is 0 Å². The van der Waals surface area contributed by atoms with Gasteiger partial charge in [-0.1, -0.05) is 13.8 Å². The number of hydroxylamine groups is 2. The van der Waals surface area contributed by atoms with Crippen molar-refractivity contribution in [3.8, 4) is 0 Å². The molecule has 1 saturated heterocycles. The van der Waals surface area contributed by atoms with E-state index in [1.165, 1.54) is 6.42 Å². The summed E-state index contributed by atoms with van der Waals surface area (Å²) in [7, 11) is 0. The summed E-state index contributed by atoms with van der Waals surface area (Å²) in [6, 6.07) is 0. The van der Waals surface area contributed by atoms with Gasteiger partial charge >= 0.3 is 0 Å². The van der Waals surface area contributed by atoms with E-state index in [1.54, 1.807) is 0 Å². The van der Waals surface area contributed by atoms with Crippen molar-refractivity contribution in [1.29, 1.82) is 0 Å². The van der Waals surface area contributed by atoms with E-state index in [2.05, 4.69) is 25.8 Å². The van der Waals surface area contributed by atoms with E-state index >= 15 is 0 Å². The first-order valence-electron chi connectivity index (χ1n) is 5.60. The van der Waals surface area contributed by atoms with Crippen LogP contribution in [0.15, 0.2) is 0 Å². The van der Waals surface area contributed by atoms with Crippen LogP contribution in [0.5, 0.6) is 0 Å². The molecule has 2 atom stereocenters. The van der Waals surface area contributed by atoms with E-state index in [-0.39, 0.29) is 0 Å². The molecule has 0 amide bonds. The molecule has 0 saturated carbocycles. The molecular weight excluding hydrogens is 198 g/mol. The van der Waals surface area contributed by atoms with Gasteiger partial charge in [-0.25, -0.2) is 0 Å². The van der Waals surface area contributed by atoms with Gasteiger partial charge in [-0.3, -0.25) is 4.84 Å². The fraction of sp³-hybridized carbons (Fsp3) is 1.00. The molecule has 1 aliphatic heterocycles. The molecule has 0 bridgehead atoms. The van der Waals surface area contributed by atoms with E-state index in [0.717, 1.165) is 32.0 Å². The van der Waals surface area contributed by atoms with Gasteiger partial charge in [0.1, 0.15) is 0 Å². The Hall–Kier alpha value is 0.210. The molecule has 3 heteroatoms. The lowest BCUT2D eigenvalue weighted by Gasteiger charge is -2.17. The molecule has 0 aromatic rings. The Bertz CT molecular complexity index is 161. The van der Waals surface area contributed by atoms with Crippen molar-refractivity contribution in [3.05, 3.63) is 0 Å². The zero-order chi connectivity index (χ0) is 10.6. The van der Waals surface area contributed by atoms with Crippen molar-refractivity contribution < 1.29 is 4.84 Å². The van der Waals surface area contributed by atoms with Crippen molar-refractivity contribution in [3.63, 3.8) is 0 Å². The van der Waals surface area contributed by atoms with E-state index in [4.69, 9.17) is 16.4 Å². The highest BCUT2D eigenvalue weighted by molar-refractivity contribution is 6.20. The van der Waals surface area contributed by atoms with Gasteiger partial charge in [0.2, 0.25) is 0 Å². The summed E-state index contributed by atoms with van der Waals surface area (Å²) in [5.41, 5.74) is 0. The van der Waals surface area contributed by atoms with Crippen LogP contribution < -0.4 is 0 Å². The molecule has 1 aliphatic rings. The Labute approximate surface area is 92.5 Å². The van der Waals surface area contributed by atoms with Crippen molar-refractivity contribution in [2.45, 2.75) is 39.0 Å². The van der Waals surface area contributed by atoms with Gasteiger partial charge in [0, 0.05) is 18.5 Å². The number of alkyl halides is 1. The average Bonchev–Trinajstić information content (AvgIpc) is 2.47. The Morgan fingerprint density at radius 3 is 2.71 bits per heavy atom. The molecule has 0 aliphatic carbocycles. The Morgan fingerprint density at radius 1 is 1.43 bits per heavy atom. The number of rotatable bonds is 5. The fourth-order valence-electron chi connectivity index (χ4n) is 1.82. The summed E-state index contributed by atoms with van der Waals surface area (Å²) in [6.45, 7) is 9.38. The second-order valence-corrected chi connectivity index (χ2v) is 5.49. The van der Waals surface area contributed by atoms with Crippen LogP contribution >= 0.6 is 11.6 Å². The van der Waals surface area contributed by atoms with Gasteiger partial charge in [-0.05, 0) is 31.6 Å². The molecule has 2 nitrogen and oxygen atoms in total. The summed E-state index contributed by atoms with van der Waals surface area (Å²) in [4.78, 5) is 5.67. The number of nitrogens with zero attached hydrogens (tertiary/aromatic N) is 1. The van der Waals surface area contributed by atoms with Gasteiger partial charge in [-0.2, -0.15) is 5.06 Å². The summed E-state index contributed by atoms with van der Waals surface area (Å²) in [6.07, 6.45) is 2.35. The normalized spacial score (nSPS) is 25.9. The Kier molecular flexibility index (Phi) is 5.21. The largest absolute Gasteiger partial charge is 0.299 e. The molecule has 0 radical (unpaired) electrons. The monoisotopic (exact) mass is 219 g/mol. The maximum absolute atomic E-state index is 5.97. The number of halogens is 1. The first kappa shape index (κ1) is 12.3. The third kappa shape index (κ3) is 4.63. The minimum absolute atomic E-state index is 0.296. The van der Waals surface area contributed by atoms with Crippen molar-refractivity contribution in [2.75, 3.05) is 19.7 Å². The van der Waals surface area contributed by atoms with Crippen LogP contribution in [0.1, 0.15) is 33.6 Å². The van der Waals surface area contributed by atoms with Crippen molar-refractivity contribution >= 4 is 11.6 Å². The molecule has 1 heterocycles. The maximum atomic E-state index is 5.97. The summed E-state index contributed by atoms with van der Waals surface area (Å²) in [5.74, 6) is 1.34. The van der Waals surface area contributed by atoms with E-state index < -0.39 is 0 Å². The topological polar surface area (TPSA) is 12.5 Å². The molecule has 0 N–H and O–H groups in total. The van der Waals surface area contributed by atoms with E-state index in [1.807, 2.05) is 0 Å². The lowest BCUT2D eigenvalue weighted by atomic mass is 10.0. The predicted octanol–water partition coefficient (Wildman–Crippen LogP) is 2.91. The molecule has 14 heavy (non-hydrogen) atoms. The minimum atomic E-state index is 0.296. The van der Waals surface area contributed by atoms with Crippen LogP contribution in [-0.4, -0.2) is 30.1 Å². The minimum Gasteiger partial charge on any atom is -0.299 e. The Balaban J connectivity index is 2.14. The quantitative estimate of drug-likeness (QED) is 0.660. The standard InChI is InChI=1S/C11H22ClNO/c1-9(2)8-14-13-5-4-11(7-13)6-10(3)12/h9-11H,4-8H2,1-3H3. The highest BCUT2D eigenvalue weighted by Crippen LogP contribution is 2.23. The average molecular weight is 220 g/mol. The van der Waals surface area contributed by atoms with Crippen LogP contribution in [-0.2, 0) is 4.84 Å². The van der Waals surface area contributed by atoms with Gasteiger partial charge in [0.15, 0.2) is 0 Å². The lowest BCUT2D eigenvalue weighted by Crippen LogP contribution is -2.23. The van der Waals surface area contributed by atoms with Crippen LogP contribution in [0, 0.1) is 11.8 Å². The molecule has 0 spiro atoms. The van der Waals surface area contributed by atoms with Gasteiger partial charge < -0.3 is 0 Å². The smallest absolute Gasteiger partial charge is 0.0708 e. The van der Waals surface area contributed by atoms with Crippen LogP contribution in [0.25, 0.3) is 0 Å². The van der Waals surface area contributed by atoms with E-state index in [0.29, 0.717) is 11.3 Å². The molecule has 0 aromatic heterocycles. The van der Waals surface area contributed by atoms with Gasteiger partial charge in [0.05, 0.1) is 6.61 Å². The SMILES string of the molecule is CC(C)CON1CCC(CC(C)Cl)C1. The van der Waals surface area contributed by atoms with Crippen LogP contribution in [0.2, 0.25) is 0 Å². The van der Waals surface area contributed by atoms with Crippen LogP contribution in [0.3, 0.4) is 0 Å². The summed E-state index contributed by atoms with van der Waals surface area (Å²) in [5, 5.41) is 2.40. The van der Waals surface area contributed by atoms with Crippen molar-refractivity contribution in [2.24, 2.45) is 11.8 Å². The zero-order valence-corrected chi connectivity index (χ0v) is 10.3. The summed E-state index contributed by atoms with van der Waals surface area (Å²) >= 11 is 5.97. The molecule has 1 fully saturated rings. The molecule has 0 aromatic carbocycles. The molecular formula is C11H22ClNO. The van der Waals surface area contributed by atoms with E-state index in [9.17, 15) is 0 Å². The molecule has 84 valence electrons. The predicted molar refractivity (Wildman–Crippen MR) is 60.4 cm³/mol. The lowest BCUT2D eigenvalue weighted by molar-refractivity contribution is -0.153. The zero-order valence-electron chi connectivity index (χ0n) is 9.50. The molecule has 1 rings (SSSR count). The second-order valence-electron chi connectivity index (χ2n) is 4.75. The van der Waals surface area contributed by atoms with Gasteiger partial charge in [-0.15, -0.1) is 11.6 Å². The summed E-state index contributed by atoms with van der Waals surface area (Å²) < 4.78 is 0. The number of hydrogen-bond donors (Lipinski definition) is 0. The first-order chi connectivity index (χ1) is 6.58. The van der Waals surface area contributed by atoms with Crippen molar-refractivity contribution in [1.82, 2.24) is 5.06 Å². The maximum Gasteiger partial charge on any atom is 0.0708 e. The molecule has 2 unspecified atom stereocenters. The third-order valence-corrected chi connectivity index (χ3v) is 2.68. The Morgan fingerprint density at radius 2 is 2.14 bits per heavy atom. The highest BCUT2D eigenvalue weighted by Gasteiger charge is 2.24. The highest BCUT2D eigenvalue weighted by atomic mass is 35.5. The first-order valence-corrected chi connectivity index (χ1v) is 6.03.